The van der Waals surface area contributed by atoms with Crippen molar-refractivity contribution in [1.29, 1.82) is 0 Å². The van der Waals surface area contributed by atoms with E-state index in [1.165, 1.54) is 13.2 Å². The van der Waals surface area contributed by atoms with E-state index in [9.17, 15) is 14.0 Å². The van der Waals surface area contributed by atoms with Crippen LogP contribution in [0, 0.1) is 5.82 Å². The Morgan fingerprint density at radius 1 is 1.11 bits per heavy atom. The van der Waals surface area contributed by atoms with Gasteiger partial charge in [-0.05, 0) is 18.2 Å². The van der Waals surface area contributed by atoms with Gasteiger partial charge < -0.3 is 9.72 Å². The number of hydrogen-bond acceptors (Lipinski definition) is 4. The summed E-state index contributed by atoms with van der Waals surface area (Å²) in [6.07, 6.45) is 1.58. The van der Waals surface area contributed by atoms with E-state index in [0.717, 1.165) is 22.2 Å². The number of aromatic amines is 1. The van der Waals surface area contributed by atoms with Crippen molar-refractivity contribution in [2.45, 2.75) is 6.61 Å². The third-order valence-corrected chi connectivity index (χ3v) is 5.58. The molecule has 0 saturated heterocycles. The van der Waals surface area contributed by atoms with Crippen molar-refractivity contribution < 1.29 is 18.7 Å². The molecule has 0 bridgehead atoms. The maximum absolute atomic E-state index is 14.2. The minimum absolute atomic E-state index is 0.0834. The van der Waals surface area contributed by atoms with E-state index in [1.807, 2.05) is 24.3 Å². The van der Waals surface area contributed by atoms with E-state index >= 15 is 0 Å². The fourth-order valence-corrected chi connectivity index (χ4v) is 4.25. The summed E-state index contributed by atoms with van der Waals surface area (Å²) in [4.78, 5) is 28.4. The first-order chi connectivity index (χ1) is 13.6. The van der Waals surface area contributed by atoms with Gasteiger partial charge in [-0.2, -0.15) is 0 Å². The van der Waals surface area contributed by atoms with E-state index in [1.54, 1.807) is 18.3 Å². The van der Waals surface area contributed by atoms with Crippen LogP contribution in [0.2, 0.25) is 0 Å². The molecule has 142 valence electrons. The van der Waals surface area contributed by atoms with E-state index < -0.39 is 17.6 Å². The standard InChI is InChI=1S/C20H16FN3O3S/c1-27-10-13-17-14(21)6-4-8-16(17)28-18(13)20(26)24-23-19(25)12-9-22-15-7-3-2-5-11(12)15/h2-9,22H,10H2,1H3,(H,23,25)(H,24,26). The molecule has 4 aromatic rings. The average Bonchev–Trinajstić information content (AvgIpc) is 3.29. The van der Waals surface area contributed by atoms with Crippen LogP contribution in [0.1, 0.15) is 25.6 Å². The summed E-state index contributed by atoms with van der Waals surface area (Å²) in [7, 11) is 1.48. The molecule has 0 aliphatic heterocycles. The Morgan fingerprint density at radius 2 is 1.89 bits per heavy atom. The molecule has 0 unspecified atom stereocenters. The van der Waals surface area contributed by atoms with Crippen molar-refractivity contribution >= 4 is 44.1 Å². The molecule has 2 heterocycles. The molecule has 0 atom stereocenters. The van der Waals surface area contributed by atoms with Gasteiger partial charge in [0, 0.05) is 39.9 Å². The van der Waals surface area contributed by atoms with Crippen LogP contribution in [-0.4, -0.2) is 23.9 Å². The zero-order valence-electron chi connectivity index (χ0n) is 14.8. The smallest absolute Gasteiger partial charge is 0.280 e. The molecule has 3 N–H and O–H groups in total. The van der Waals surface area contributed by atoms with E-state index in [4.69, 9.17) is 4.74 Å². The molecule has 0 aliphatic rings. The van der Waals surface area contributed by atoms with Crippen LogP contribution >= 0.6 is 11.3 Å². The lowest BCUT2D eigenvalue weighted by molar-refractivity contribution is 0.0847. The number of halogens is 1. The summed E-state index contributed by atoms with van der Waals surface area (Å²) in [6, 6.07) is 12.0. The Balaban J connectivity index is 1.58. The maximum atomic E-state index is 14.2. The number of carbonyl (C=O) groups is 2. The van der Waals surface area contributed by atoms with Crippen molar-refractivity contribution in [3.05, 3.63) is 70.5 Å². The molecule has 0 radical (unpaired) electrons. The predicted molar refractivity (Wildman–Crippen MR) is 106 cm³/mol. The predicted octanol–water partition coefficient (Wildman–Crippen LogP) is 3.74. The summed E-state index contributed by atoms with van der Waals surface area (Å²) in [5.41, 5.74) is 6.52. The molecule has 8 heteroatoms. The number of thiophene rings is 1. The van der Waals surface area contributed by atoms with Crippen molar-refractivity contribution in [2.75, 3.05) is 7.11 Å². The zero-order chi connectivity index (χ0) is 19.7. The van der Waals surface area contributed by atoms with Gasteiger partial charge in [0.1, 0.15) is 10.7 Å². The lowest BCUT2D eigenvalue weighted by Gasteiger charge is -2.08. The second-order valence-electron chi connectivity index (χ2n) is 6.11. The Labute approximate surface area is 163 Å². The van der Waals surface area contributed by atoms with Gasteiger partial charge in [-0.25, -0.2) is 4.39 Å². The lowest BCUT2D eigenvalue weighted by Crippen LogP contribution is -2.41. The van der Waals surface area contributed by atoms with Gasteiger partial charge >= 0.3 is 0 Å². The number of ether oxygens (including phenoxy) is 1. The highest BCUT2D eigenvalue weighted by Gasteiger charge is 2.21. The highest BCUT2D eigenvalue weighted by atomic mass is 32.1. The van der Waals surface area contributed by atoms with Gasteiger partial charge in [0.05, 0.1) is 12.2 Å². The number of para-hydroxylation sites is 1. The van der Waals surface area contributed by atoms with Crippen molar-refractivity contribution in [2.24, 2.45) is 0 Å². The number of carbonyl (C=O) groups excluding carboxylic acids is 2. The van der Waals surface area contributed by atoms with Gasteiger partial charge in [-0.3, -0.25) is 20.4 Å². The first kappa shape index (κ1) is 18.1. The Hall–Kier alpha value is -3.23. The van der Waals surface area contributed by atoms with Gasteiger partial charge in [0.25, 0.3) is 11.8 Å². The fourth-order valence-electron chi connectivity index (χ4n) is 3.13. The third-order valence-electron chi connectivity index (χ3n) is 4.38. The highest BCUT2D eigenvalue weighted by molar-refractivity contribution is 7.21. The SMILES string of the molecule is COCc1c(C(=O)NNC(=O)c2c[nH]c3ccccc23)sc2cccc(F)c12. The largest absolute Gasteiger partial charge is 0.380 e. The van der Waals surface area contributed by atoms with Crippen molar-refractivity contribution in [3.63, 3.8) is 0 Å². The summed E-state index contributed by atoms with van der Waals surface area (Å²) in [5.74, 6) is -1.39. The average molecular weight is 397 g/mol. The van der Waals surface area contributed by atoms with Gasteiger partial charge in [0.15, 0.2) is 0 Å². The van der Waals surface area contributed by atoms with Crippen molar-refractivity contribution in [3.8, 4) is 0 Å². The van der Waals surface area contributed by atoms with E-state index in [-0.39, 0.29) is 6.61 Å². The highest BCUT2D eigenvalue weighted by Crippen LogP contribution is 2.33. The molecule has 0 saturated carbocycles. The fraction of sp³-hybridized carbons (Fsp3) is 0.100. The molecule has 0 spiro atoms. The number of hydrogen-bond donors (Lipinski definition) is 3. The number of nitrogens with one attached hydrogen (secondary N) is 3. The molecule has 2 amide bonds. The Kier molecular flexibility index (Phi) is 4.81. The zero-order valence-corrected chi connectivity index (χ0v) is 15.7. The van der Waals surface area contributed by atoms with Crippen LogP contribution in [0.25, 0.3) is 21.0 Å². The summed E-state index contributed by atoms with van der Waals surface area (Å²) in [5, 5.41) is 1.11. The molecular weight excluding hydrogens is 381 g/mol. The van der Waals surface area contributed by atoms with Crippen LogP contribution in [0.3, 0.4) is 0 Å². The summed E-state index contributed by atoms with van der Waals surface area (Å²) >= 11 is 1.15. The molecule has 2 aromatic heterocycles. The molecule has 28 heavy (non-hydrogen) atoms. The van der Waals surface area contributed by atoms with Gasteiger partial charge in [-0.15, -0.1) is 11.3 Å². The number of rotatable bonds is 4. The molecular formula is C20H16FN3O3S. The number of methoxy groups -OCH3 is 1. The first-order valence-electron chi connectivity index (χ1n) is 8.45. The molecule has 4 rings (SSSR count). The number of H-pyrrole nitrogens is 1. The molecule has 0 fully saturated rings. The van der Waals surface area contributed by atoms with Crippen LogP contribution in [0.15, 0.2) is 48.7 Å². The number of hydrazine groups is 1. The normalized spacial score (nSPS) is 11.1. The monoisotopic (exact) mass is 397 g/mol. The number of fused-ring (bicyclic) bond motifs is 2. The Bertz CT molecular complexity index is 1200. The van der Waals surface area contributed by atoms with E-state index in [0.29, 0.717) is 26.1 Å². The van der Waals surface area contributed by atoms with Crippen LogP contribution in [0.5, 0.6) is 0 Å². The topological polar surface area (TPSA) is 83.2 Å². The van der Waals surface area contributed by atoms with Crippen LogP contribution in [0.4, 0.5) is 4.39 Å². The van der Waals surface area contributed by atoms with Gasteiger partial charge in [0.2, 0.25) is 0 Å². The number of aromatic nitrogens is 1. The van der Waals surface area contributed by atoms with Crippen LogP contribution < -0.4 is 10.9 Å². The first-order valence-corrected chi connectivity index (χ1v) is 9.27. The third kappa shape index (κ3) is 3.12. The Morgan fingerprint density at radius 3 is 2.71 bits per heavy atom. The van der Waals surface area contributed by atoms with Gasteiger partial charge in [-0.1, -0.05) is 24.3 Å². The molecule has 6 nitrogen and oxygen atoms in total. The minimum atomic E-state index is -0.527. The summed E-state index contributed by atoms with van der Waals surface area (Å²) < 4.78 is 20.0. The quantitative estimate of drug-likeness (QED) is 0.459. The number of amides is 2. The minimum Gasteiger partial charge on any atom is -0.380 e. The second kappa shape index (κ2) is 7.41. The molecule has 0 aliphatic carbocycles. The maximum Gasteiger partial charge on any atom is 0.280 e. The second-order valence-corrected chi connectivity index (χ2v) is 7.16. The molecule has 2 aromatic carbocycles. The summed E-state index contributed by atoms with van der Waals surface area (Å²) in [6.45, 7) is 0.0834. The van der Waals surface area contributed by atoms with E-state index in [2.05, 4.69) is 15.8 Å². The lowest BCUT2D eigenvalue weighted by atomic mass is 10.1. The number of benzene rings is 2. The van der Waals surface area contributed by atoms with Crippen molar-refractivity contribution in [1.82, 2.24) is 15.8 Å². The van der Waals surface area contributed by atoms with Crippen LogP contribution in [-0.2, 0) is 11.3 Å².